The topological polar surface area (TPSA) is 111 Å². The molecule has 2 aromatic carbocycles. The lowest BCUT2D eigenvalue weighted by molar-refractivity contribution is -0.384. The van der Waals surface area contributed by atoms with Crippen molar-refractivity contribution in [1.29, 1.82) is 0 Å². The smallest absolute Gasteiger partial charge is 0.270 e. The van der Waals surface area contributed by atoms with Crippen LogP contribution in [0.1, 0.15) is 5.56 Å². The van der Waals surface area contributed by atoms with Gasteiger partial charge in [-0.25, -0.2) is 4.98 Å². The Morgan fingerprint density at radius 3 is 2.69 bits per heavy atom. The summed E-state index contributed by atoms with van der Waals surface area (Å²) in [6, 6.07) is 9.94. The van der Waals surface area contributed by atoms with Crippen molar-refractivity contribution in [3.8, 4) is 0 Å². The van der Waals surface area contributed by atoms with Crippen LogP contribution in [0, 0.1) is 10.1 Å². The Kier molecular flexibility index (Phi) is 7.48. The van der Waals surface area contributed by atoms with E-state index in [-0.39, 0.29) is 17.3 Å². The van der Waals surface area contributed by atoms with Gasteiger partial charge in [-0.15, -0.1) is 21.5 Å². The van der Waals surface area contributed by atoms with Gasteiger partial charge in [-0.2, -0.15) is 0 Å². The van der Waals surface area contributed by atoms with E-state index in [9.17, 15) is 14.9 Å². The van der Waals surface area contributed by atoms with Crippen molar-refractivity contribution in [1.82, 2.24) is 15.2 Å². The summed E-state index contributed by atoms with van der Waals surface area (Å²) in [5.41, 5.74) is 1.68. The number of nitro groups is 1. The van der Waals surface area contributed by atoms with Gasteiger partial charge in [0.15, 0.2) is 8.68 Å². The third kappa shape index (κ3) is 5.88. The Morgan fingerprint density at radius 1 is 1.06 bits per heavy atom. The zero-order valence-corrected chi connectivity index (χ0v) is 20.6. The highest BCUT2D eigenvalue weighted by atomic mass is 35.5. The molecule has 4 aromatic rings. The Hall–Kier alpha value is -1.96. The van der Waals surface area contributed by atoms with E-state index >= 15 is 0 Å². The number of thiazole rings is 1. The maximum atomic E-state index is 12.3. The molecule has 0 atom stereocenters. The minimum absolute atomic E-state index is 0.0135. The van der Waals surface area contributed by atoms with Crippen molar-refractivity contribution >= 4 is 96.3 Å². The van der Waals surface area contributed by atoms with Crippen molar-refractivity contribution in [2.75, 3.05) is 11.1 Å². The second-order valence-corrected chi connectivity index (χ2v) is 11.4. The van der Waals surface area contributed by atoms with E-state index in [2.05, 4.69) is 20.5 Å². The number of nitro benzene ring substituents is 1. The quantitative estimate of drug-likeness (QED) is 0.118. The Labute approximate surface area is 207 Å². The van der Waals surface area contributed by atoms with Crippen molar-refractivity contribution in [2.45, 2.75) is 14.4 Å². The van der Waals surface area contributed by atoms with E-state index in [1.807, 2.05) is 6.07 Å². The average molecular weight is 544 g/mol. The third-order valence-electron chi connectivity index (χ3n) is 3.89. The van der Waals surface area contributed by atoms with Gasteiger partial charge in [0.1, 0.15) is 0 Å². The van der Waals surface area contributed by atoms with E-state index < -0.39 is 4.92 Å². The van der Waals surface area contributed by atoms with Gasteiger partial charge < -0.3 is 0 Å². The molecule has 0 bridgehead atoms. The van der Waals surface area contributed by atoms with Gasteiger partial charge in [-0.1, -0.05) is 64.1 Å². The number of non-ortho nitro benzene ring substituents is 1. The zero-order valence-electron chi connectivity index (χ0n) is 15.8. The summed E-state index contributed by atoms with van der Waals surface area (Å²) < 4.78 is 2.08. The van der Waals surface area contributed by atoms with Gasteiger partial charge in [0, 0.05) is 17.9 Å². The van der Waals surface area contributed by atoms with Gasteiger partial charge in [0.2, 0.25) is 11.0 Å². The van der Waals surface area contributed by atoms with Gasteiger partial charge in [-0.05, 0) is 23.8 Å². The molecule has 32 heavy (non-hydrogen) atoms. The number of thioether (sulfide) groups is 2. The second-order valence-electron chi connectivity index (χ2n) is 6.14. The van der Waals surface area contributed by atoms with Gasteiger partial charge in [0.05, 0.1) is 30.9 Å². The molecular formula is C18H11Cl2N5O3S4. The van der Waals surface area contributed by atoms with Crippen molar-refractivity contribution in [2.24, 2.45) is 0 Å². The maximum absolute atomic E-state index is 12.3. The number of hydrogen-bond donors (Lipinski definition) is 1. The lowest BCUT2D eigenvalue weighted by Crippen LogP contribution is -2.13. The molecule has 0 unspecified atom stereocenters. The molecule has 0 radical (unpaired) electrons. The molecule has 0 aliphatic heterocycles. The van der Waals surface area contributed by atoms with E-state index in [0.717, 1.165) is 5.56 Å². The van der Waals surface area contributed by atoms with Gasteiger partial charge in [-0.3, -0.25) is 20.2 Å². The Morgan fingerprint density at radius 2 is 1.91 bits per heavy atom. The third-order valence-corrected chi connectivity index (χ3v) is 8.83. The number of carbonyl (C=O) groups excluding carboxylic acids is 1. The standard InChI is InChI=1S/C18H11Cl2N5O3S4/c19-11-3-1-9(5-12(11)20)7-29-18-24-23-16(32-18)22-15(26)8-30-17-21-13-4-2-10(25(27)28)6-14(13)31-17/h1-6H,7-8H2,(H,22,23,26). The summed E-state index contributed by atoms with van der Waals surface area (Å²) in [7, 11) is 0. The predicted octanol–water partition coefficient (Wildman–Crippen LogP) is 6.39. The molecule has 2 aromatic heterocycles. The van der Waals surface area contributed by atoms with Crippen LogP contribution in [0.2, 0.25) is 10.0 Å². The van der Waals surface area contributed by atoms with Crippen molar-refractivity contribution < 1.29 is 9.72 Å². The molecule has 0 aliphatic carbocycles. The number of anilines is 1. The first-order valence-corrected chi connectivity index (χ1v) is 13.1. The fraction of sp³-hybridized carbons (Fsp3) is 0.111. The van der Waals surface area contributed by atoms with Gasteiger partial charge >= 0.3 is 0 Å². The summed E-state index contributed by atoms with van der Waals surface area (Å²) in [6.07, 6.45) is 0. The number of halogens is 2. The summed E-state index contributed by atoms with van der Waals surface area (Å²) in [5.74, 6) is 0.538. The van der Waals surface area contributed by atoms with Crippen LogP contribution in [-0.2, 0) is 10.5 Å². The monoisotopic (exact) mass is 543 g/mol. The molecule has 1 N–H and O–H groups in total. The van der Waals surface area contributed by atoms with Crippen LogP contribution in [-0.4, -0.2) is 31.8 Å². The van der Waals surface area contributed by atoms with Crippen LogP contribution >= 0.6 is 69.4 Å². The highest BCUT2D eigenvalue weighted by Crippen LogP contribution is 2.33. The lowest BCUT2D eigenvalue weighted by atomic mass is 10.2. The van der Waals surface area contributed by atoms with Gasteiger partial charge in [0.25, 0.3) is 5.69 Å². The molecule has 0 aliphatic rings. The van der Waals surface area contributed by atoms with Crippen LogP contribution in [0.3, 0.4) is 0 Å². The van der Waals surface area contributed by atoms with E-state index in [4.69, 9.17) is 23.2 Å². The van der Waals surface area contributed by atoms with Crippen LogP contribution in [0.15, 0.2) is 45.1 Å². The minimum Gasteiger partial charge on any atom is -0.300 e. The highest BCUT2D eigenvalue weighted by molar-refractivity contribution is 8.01. The number of aromatic nitrogens is 3. The van der Waals surface area contributed by atoms with Crippen LogP contribution in [0.4, 0.5) is 10.8 Å². The maximum Gasteiger partial charge on any atom is 0.270 e. The van der Waals surface area contributed by atoms with Crippen molar-refractivity contribution in [3.05, 3.63) is 62.1 Å². The molecule has 8 nitrogen and oxygen atoms in total. The molecule has 2 heterocycles. The molecule has 164 valence electrons. The first-order chi connectivity index (χ1) is 15.4. The molecule has 0 saturated heterocycles. The van der Waals surface area contributed by atoms with Crippen LogP contribution in [0.5, 0.6) is 0 Å². The minimum atomic E-state index is -0.446. The zero-order chi connectivity index (χ0) is 22.7. The number of rotatable bonds is 8. The molecule has 4 rings (SSSR count). The van der Waals surface area contributed by atoms with Crippen LogP contribution < -0.4 is 5.32 Å². The number of amides is 1. The first kappa shape index (κ1) is 23.2. The Bertz CT molecular complexity index is 1310. The van der Waals surface area contributed by atoms with Crippen molar-refractivity contribution in [3.63, 3.8) is 0 Å². The highest BCUT2D eigenvalue weighted by Gasteiger charge is 2.13. The molecule has 14 heteroatoms. The summed E-state index contributed by atoms with van der Waals surface area (Å²) in [6.45, 7) is 0. The molecule has 1 amide bonds. The first-order valence-electron chi connectivity index (χ1n) is 8.75. The van der Waals surface area contributed by atoms with E-state index in [0.29, 0.717) is 39.8 Å². The largest absolute Gasteiger partial charge is 0.300 e. The second kappa shape index (κ2) is 10.3. The SMILES string of the molecule is O=C(CSc1nc2ccc([N+](=O)[O-])cc2s1)Nc1nnc(SCc2ccc(Cl)c(Cl)c2)s1. The molecule has 0 saturated carbocycles. The summed E-state index contributed by atoms with van der Waals surface area (Å²) in [5, 5.41) is 23.1. The number of nitrogens with zero attached hydrogens (tertiary/aromatic N) is 4. The summed E-state index contributed by atoms with van der Waals surface area (Å²) in [4.78, 5) is 27.1. The summed E-state index contributed by atoms with van der Waals surface area (Å²) >= 11 is 17.3. The fourth-order valence-electron chi connectivity index (χ4n) is 2.44. The molecule has 0 fully saturated rings. The lowest BCUT2D eigenvalue weighted by Gasteiger charge is -2.01. The normalized spacial score (nSPS) is 11.1. The van der Waals surface area contributed by atoms with E-state index in [1.165, 1.54) is 58.3 Å². The number of hydrogen-bond acceptors (Lipinski definition) is 10. The fourth-order valence-corrected chi connectivity index (χ4v) is 6.38. The predicted molar refractivity (Wildman–Crippen MR) is 132 cm³/mol. The Balaban J connectivity index is 1.29. The van der Waals surface area contributed by atoms with E-state index in [1.54, 1.807) is 18.2 Å². The van der Waals surface area contributed by atoms with Crippen LogP contribution in [0.25, 0.3) is 10.2 Å². The number of fused-ring (bicyclic) bond motifs is 1. The number of nitrogens with one attached hydrogen (secondary N) is 1. The molecule has 0 spiro atoms. The molecular weight excluding hydrogens is 533 g/mol. The average Bonchev–Trinajstić information content (AvgIpc) is 3.38. The number of benzene rings is 2. The number of carbonyl (C=O) groups is 1.